The molecule has 1 saturated heterocycles. The first kappa shape index (κ1) is 18.3. The number of aliphatic hydroxyl groups excluding tert-OH is 1. The summed E-state index contributed by atoms with van der Waals surface area (Å²) in [6, 6.07) is 0. The largest absolute Gasteiger partial charge is 0.392 e. The van der Waals surface area contributed by atoms with Gasteiger partial charge in [0.2, 0.25) is 0 Å². The molecule has 144 valence electrons. The van der Waals surface area contributed by atoms with E-state index in [1.54, 1.807) is 0 Å². The standard InChI is InChI=1S/C21H36O3S/c22-20-19(16-9-3-1-4-10-16)17-11-5-6-12-18(17)25(23,24)15-21(20)13-7-2-8-14-21/h16-20,22H,1-15H2/t17?,18?,19-,20-/m0/s1. The van der Waals surface area contributed by atoms with Crippen LogP contribution >= 0.6 is 0 Å². The van der Waals surface area contributed by atoms with Gasteiger partial charge in [0, 0.05) is 5.41 Å². The van der Waals surface area contributed by atoms with E-state index >= 15 is 0 Å². The van der Waals surface area contributed by atoms with Crippen molar-refractivity contribution in [2.75, 3.05) is 5.75 Å². The average Bonchev–Trinajstić information content (AvgIpc) is 2.69. The van der Waals surface area contributed by atoms with Crippen LogP contribution in [0, 0.1) is 23.2 Å². The molecule has 1 N–H and O–H groups in total. The number of hydrogen-bond donors (Lipinski definition) is 1. The van der Waals surface area contributed by atoms with Crippen LogP contribution in [0.2, 0.25) is 0 Å². The van der Waals surface area contributed by atoms with Crippen LogP contribution in [-0.2, 0) is 9.84 Å². The van der Waals surface area contributed by atoms with Gasteiger partial charge in [-0.15, -0.1) is 0 Å². The Hall–Kier alpha value is -0.0900. The van der Waals surface area contributed by atoms with E-state index in [1.807, 2.05) is 0 Å². The van der Waals surface area contributed by atoms with Crippen molar-refractivity contribution in [2.45, 2.75) is 101 Å². The Balaban J connectivity index is 1.75. The number of sulfone groups is 1. The van der Waals surface area contributed by atoms with Crippen LogP contribution in [0.15, 0.2) is 0 Å². The zero-order valence-corrected chi connectivity index (χ0v) is 16.5. The predicted molar refractivity (Wildman–Crippen MR) is 101 cm³/mol. The van der Waals surface area contributed by atoms with Crippen LogP contribution in [0.3, 0.4) is 0 Å². The number of rotatable bonds is 1. The molecule has 0 aromatic heterocycles. The first-order valence-corrected chi connectivity index (χ1v) is 12.6. The summed E-state index contributed by atoms with van der Waals surface area (Å²) >= 11 is 0. The molecule has 4 fully saturated rings. The van der Waals surface area contributed by atoms with Crippen LogP contribution in [0.25, 0.3) is 0 Å². The lowest BCUT2D eigenvalue weighted by molar-refractivity contribution is -0.0718. The summed E-state index contributed by atoms with van der Waals surface area (Å²) in [5.41, 5.74) is -0.337. The maximum Gasteiger partial charge on any atom is 0.154 e. The van der Waals surface area contributed by atoms with E-state index in [1.165, 1.54) is 38.5 Å². The number of aliphatic hydroxyl groups is 1. The predicted octanol–water partition coefficient (Wildman–Crippen LogP) is 4.48. The van der Waals surface area contributed by atoms with E-state index in [9.17, 15) is 13.5 Å². The molecule has 2 unspecified atom stereocenters. The molecule has 25 heavy (non-hydrogen) atoms. The van der Waals surface area contributed by atoms with E-state index in [0.717, 1.165) is 51.4 Å². The highest BCUT2D eigenvalue weighted by Gasteiger charge is 2.56. The maximum absolute atomic E-state index is 13.4. The Bertz CT molecular complexity index is 558. The average molecular weight is 369 g/mol. The summed E-state index contributed by atoms with van der Waals surface area (Å²) in [7, 11) is -3.09. The first-order chi connectivity index (χ1) is 12.0. The molecule has 0 radical (unpaired) electrons. The molecule has 1 aliphatic heterocycles. The Morgan fingerprint density at radius 1 is 0.760 bits per heavy atom. The van der Waals surface area contributed by atoms with E-state index in [-0.39, 0.29) is 28.3 Å². The van der Waals surface area contributed by atoms with Gasteiger partial charge >= 0.3 is 0 Å². The summed E-state index contributed by atoms with van der Waals surface area (Å²) < 4.78 is 26.7. The normalized spacial score (nSPS) is 41.8. The molecule has 4 aliphatic rings. The quantitative estimate of drug-likeness (QED) is 0.742. The third-order valence-electron chi connectivity index (χ3n) is 8.23. The second kappa shape index (κ2) is 7.14. The minimum atomic E-state index is -3.09. The van der Waals surface area contributed by atoms with Crippen LogP contribution in [0.4, 0.5) is 0 Å². The van der Waals surface area contributed by atoms with E-state index in [4.69, 9.17) is 0 Å². The summed E-state index contributed by atoms with van der Waals surface area (Å²) in [5.74, 6) is 1.28. The molecule has 3 nitrogen and oxygen atoms in total. The minimum absolute atomic E-state index is 0.163. The van der Waals surface area contributed by atoms with Crippen LogP contribution in [0.5, 0.6) is 0 Å². The van der Waals surface area contributed by atoms with Crippen molar-refractivity contribution in [1.29, 1.82) is 0 Å². The summed E-state index contributed by atoms with van der Waals surface area (Å²) in [6.45, 7) is 0. The monoisotopic (exact) mass is 368 g/mol. The third-order valence-corrected chi connectivity index (χ3v) is 10.7. The van der Waals surface area contributed by atoms with E-state index < -0.39 is 15.9 Å². The topological polar surface area (TPSA) is 54.4 Å². The Morgan fingerprint density at radius 2 is 1.36 bits per heavy atom. The van der Waals surface area contributed by atoms with E-state index in [0.29, 0.717) is 5.92 Å². The van der Waals surface area contributed by atoms with Gasteiger partial charge in [-0.25, -0.2) is 8.42 Å². The van der Waals surface area contributed by atoms with Gasteiger partial charge < -0.3 is 5.11 Å². The molecule has 3 aliphatic carbocycles. The van der Waals surface area contributed by atoms with Crippen LogP contribution in [-0.4, -0.2) is 30.6 Å². The summed E-state index contributed by atoms with van der Waals surface area (Å²) in [6.07, 6.45) is 15.2. The first-order valence-electron chi connectivity index (χ1n) is 10.9. The fourth-order valence-corrected chi connectivity index (χ4v) is 9.92. The van der Waals surface area contributed by atoms with Crippen molar-refractivity contribution < 1.29 is 13.5 Å². The van der Waals surface area contributed by atoms with Crippen molar-refractivity contribution in [3.63, 3.8) is 0 Å². The molecule has 0 aromatic rings. The molecule has 1 heterocycles. The van der Waals surface area contributed by atoms with Crippen molar-refractivity contribution in [2.24, 2.45) is 23.2 Å². The SMILES string of the molecule is O=S1(=O)CC2(CCCCC2)[C@@H](O)[C@@H](C2CCCCC2)C2CCCCC21. The molecule has 0 amide bonds. The lowest BCUT2D eigenvalue weighted by Gasteiger charge is -2.47. The maximum atomic E-state index is 13.4. The second-order valence-corrected chi connectivity index (χ2v) is 11.9. The zero-order valence-electron chi connectivity index (χ0n) is 15.7. The van der Waals surface area contributed by atoms with Gasteiger partial charge in [-0.1, -0.05) is 64.2 Å². The van der Waals surface area contributed by atoms with Gasteiger partial charge in [0.25, 0.3) is 0 Å². The van der Waals surface area contributed by atoms with Gasteiger partial charge in [-0.3, -0.25) is 0 Å². The lowest BCUT2D eigenvalue weighted by atomic mass is 9.59. The van der Waals surface area contributed by atoms with Gasteiger partial charge in [0.1, 0.15) is 0 Å². The van der Waals surface area contributed by atoms with Crippen molar-refractivity contribution >= 4 is 9.84 Å². The molecule has 0 bridgehead atoms. The Labute approximate surface area is 153 Å². The summed E-state index contributed by atoms with van der Waals surface area (Å²) in [5, 5.41) is 11.5. The Morgan fingerprint density at radius 3 is 2.08 bits per heavy atom. The molecule has 0 aromatic carbocycles. The lowest BCUT2D eigenvalue weighted by Crippen LogP contribution is -2.48. The Kier molecular flexibility index (Phi) is 5.22. The smallest absolute Gasteiger partial charge is 0.154 e. The number of hydrogen-bond acceptors (Lipinski definition) is 3. The van der Waals surface area contributed by atoms with Crippen molar-refractivity contribution in [3.8, 4) is 0 Å². The van der Waals surface area contributed by atoms with E-state index in [2.05, 4.69) is 0 Å². The highest BCUT2D eigenvalue weighted by molar-refractivity contribution is 7.92. The molecule has 4 rings (SSSR count). The molecule has 4 heteroatoms. The fraction of sp³-hybridized carbons (Fsp3) is 1.00. The van der Waals surface area contributed by atoms with Gasteiger partial charge in [-0.05, 0) is 43.4 Å². The molecule has 3 saturated carbocycles. The highest BCUT2D eigenvalue weighted by Crippen LogP contribution is 2.54. The fourth-order valence-electron chi connectivity index (χ4n) is 7.07. The van der Waals surface area contributed by atoms with Gasteiger partial charge in [0.05, 0.1) is 17.1 Å². The highest BCUT2D eigenvalue weighted by atomic mass is 32.2. The number of fused-ring (bicyclic) bond motifs is 1. The molecule has 4 atom stereocenters. The summed E-state index contributed by atoms with van der Waals surface area (Å²) in [4.78, 5) is 0. The van der Waals surface area contributed by atoms with Crippen molar-refractivity contribution in [3.05, 3.63) is 0 Å². The second-order valence-electron chi connectivity index (χ2n) is 9.64. The third kappa shape index (κ3) is 3.31. The van der Waals surface area contributed by atoms with Crippen molar-refractivity contribution in [1.82, 2.24) is 0 Å². The minimum Gasteiger partial charge on any atom is -0.392 e. The molecular weight excluding hydrogens is 332 g/mol. The van der Waals surface area contributed by atoms with Gasteiger partial charge in [-0.2, -0.15) is 0 Å². The van der Waals surface area contributed by atoms with Crippen LogP contribution < -0.4 is 0 Å². The van der Waals surface area contributed by atoms with Crippen LogP contribution in [0.1, 0.15) is 89.9 Å². The van der Waals surface area contributed by atoms with Gasteiger partial charge in [0.15, 0.2) is 9.84 Å². The zero-order chi connectivity index (χ0) is 17.5. The molecule has 1 spiro atoms. The molecular formula is C21H36O3S.